The number of anilines is 1. The smallest absolute Gasteiger partial charge is 0.219 e. The molecule has 0 spiro atoms. The number of ether oxygens (including phenoxy) is 1. The summed E-state index contributed by atoms with van der Waals surface area (Å²) >= 11 is 0. The van der Waals surface area contributed by atoms with Crippen LogP contribution in [0.25, 0.3) is 16.8 Å². The molecule has 1 aliphatic carbocycles. The number of rotatable bonds is 5. The largest absolute Gasteiger partial charge is 0.508 e. The molecule has 0 saturated heterocycles. The number of benzene rings is 3. The first-order valence-electron chi connectivity index (χ1n) is 16.8. The van der Waals surface area contributed by atoms with Crippen LogP contribution >= 0.6 is 0 Å². The Morgan fingerprint density at radius 1 is 0.780 bits per heavy atom. The van der Waals surface area contributed by atoms with E-state index >= 15 is 0 Å². The van der Waals surface area contributed by atoms with Gasteiger partial charge in [0, 0.05) is 50.1 Å². The molecule has 1 aliphatic heterocycles. The van der Waals surface area contributed by atoms with Crippen LogP contribution in [0, 0.1) is 32.6 Å². The number of hydrogen-bond acceptors (Lipinski definition) is 5. The SMILES string of the molecule is CC1=C(C)N(c2[c-]c(C3(c4[c-]c(Oc5cc(C(C)(C)C)ccn5)n5c(C)c(C)nc5c4)c4ccccc4-c4ccccc43)ccc2)[CH-]N1C.[Pt]. The zero-order chi connectivity index (χ0) is 34.2. The maximum Gasteiger partial charge on any atom is 0.219 e. The summed E-state index contributed by atoms with van der Waals surface area (Å²) in [6, 6.07) is 37.9. The number of fused-ring (bicyclic) bond motifs is 4. The maximum absolute atomic E-state index is 6.74. The summed E-state index contributed by atoms with van der Waals surface area (Å²) in [5, 5.41) is 0. The van der Waals surface area contributed by atoms with Crippen LogP contribution in [0.15, 0.2) is 103 Å². The first-order chi connectivity index (χ1) is 23.5. The number of hydrogen-bond donors (Lipinski definition) is 0. The molecular formula is C43H40N5OPt-3. The normalized spacial score (nSPS) is 15.0. The van der Waals surface area contributed by atoms with E-state index in [0.717, 1.165) is 39.4 Å². The molecule has 7 heteroatoms. The molecule has 0 unspecified atom stereocenters. The summed E-state index contributed by atoms with van der Waals surface area (Å²) in [6.07, 6.45) is 1.82. The van der Waals surface area contributed by atoms with Crippen molar-refractivity contribution in [2.24, 2.45) is 0 Å². The molecule has 0 bridgehead atoms. The Bertz CT molecular complexity index is 2270. The van der Waals surface area contributed by atoms with E-state index in [1.54, 1.807) is 0 Å². The van der Waals surface area contributed by atoms with Gasteiger partial charge in [-0.05, 0) is 79.7 Å². The van der Waals surface area contributed by atoms with Crippen LogP contribution < -0.4 is 9.64 Å². The van der Waals surface area contributed by atoms with Gasteiger partial charge in [0.2, 0.25) is 5.88 Å². The van der Waals surface area contributed by atoms with E-state index in [4.69, 9.17) is 9.72 Å². The van der Waals surface area contributed by atoms with Crippen molar-refractivity contribution in [2.75, 3.05) is 11.9 Å². The summed E-state index contributed by atoms with van der Waals surface area (Å²) in [7, 11) is 2.08. The zero-order valence-electron chi connectivity index (χ0n) is 29.7. The van der Waals surface area contributed by atoms with E-state index in [1.165, 1.54) is 33.6 Å². The minimum Gasteiger partial charge on any atom is -0.508 e. The Kier molecular flexibility index (Phi) is 8.30. The molecule has 0 atom stereocenters. The quantitative estimate of drug-likeness (QED) is 0.162. The minimum absolute atomic E-state index is 0. The molecular weight excluding hydrogens is 798 g/mol. The second-order valence-corrected chi connectivity index (χ2v) is 14.3. The Balaban J connectivity index is 0.00000392. The Labute approximate surface area is 309 Å². The first-order valence-corrected chi connectivity index (χ1v) is 16.8. The van der Waals surface area contributed by atoms with E-state index in [0.29, 0.717) is 11.8 Å². The van der Waals surface area contributed by atoms with Crippen molar-refractivity contribution in [2.45, 2.75) is 59.3 Å². The van der Waals surface area contributed by atoms with Gasteiger partial charge in [-0.2, -0.15) is 48.6 Å². The third kappa shape index (κ3) is 5.10. The van der Waals surface area contributed by atoms with Crippen LogP contribution in [0.5, 0.6) is 11.8 Å². The molecule has 0 saturated carbocycles. The molecule has 6 nitrogen and oxygen atoms in total. The first kappa shape index (κ1) is 33.8. The summed E-state index contributed by atoms with van der Waals surface area (Å²) in [5.41, 5.74) is 13.1. The molecule has 0 amide bonds. The fourth-order valence-electron chi connectivity index (χ4n) is 7.43. The predicted octanol–water partition coefficient (Wildman–Crippen LogP) is 9.52. The van der Waals surface area contributed by atoms with Crippen LogP contribution in [-0.2, 0) is 31.9 Å². The van der Waals surface area contributed by atoms with Gasteiger partial charge in [0.25, 0.3) is 0 Å². The van der Waals surface area contributed by atoms with E-state index in [9.17, 15) is 0 Å². The fraction of sp³-hybridized carbons (Fsp3) is 0.233. The Morgan fingerprint density at radius 2 is 1.46 bits per heavy atom. The number of imidazole rings is 1. The van der Waals surface area contributed by atoms with E-state index in [2.05, 4.69) is 159 Å². The van der Waals surface area contributed by atoms with Gasteiger partial charge in [-0.3, -0.25) is 9.38 Å². The van der Waals surface area contributed by atoms with Gasteiger partial charge >= 0.3 is 0 Å². The molecule has 4 heterocycles. The van der Waals surface area contributed by atoms with Gasteiger partial charge in [-0.25, -0.2) is 4.98 Å². The van der Waals surface area contributed by atoms with Crippen LogP contribution in [0.4, 0.5) is 5.69 Å². The van der Waals surface area contributed by atoms with Crippen molar-refractivity contribution in [3.63, 3.8) is 0 Å². The number of allylic oxidation sites excluding steroid dienone is 2. The molecule has 6 aromatic rings. The summed E-state index contributed by atoms with van der Waals surface area (Å²) in [6.45, 7) is 17.1. The number of aromatic nitrogens is 3. The van der Waals surface area contributed by atoms with E-state index in [-0.39, 0.29) is 26.5 Å². The molecule has 8 rings (SSSR count). The van der Waals surface area contributed by atoms with Gasteiger partial charge in [0.1, 0.15) is 5.88 Å². The Hall–Kier alpha value is -4.67. The van der Waals surface area contributed by atoms with Crippen LogP contribution in [0.2, 0.25) is 0 Å². The van der Waals surface area contributed by atoms with Crippen LogP contribution in [-0.4, -0.2) is 26.3 Å². The topological polar surface area (TPSA) is 45.9 Å². The van der Waals surface area contributed by atoms with E-state index in [1.807, 2.05) is 25.3 Å². The zero-order valence-corrected chi connectivity index (χ0v) is 32.0. The second kappa shape index (κ2) is 12.3. The van der Waals surface area contributed by atoms with Crippen molar-refractivity contribution in [1.82, 2.24) is 19.3 Å². The molecule has 256 valence electrons. The van der Waals surface area contributed by atoms with E-state index < -0.39 is 5.41 Å². The van der Waals surface area contributed by atoms with Gasteiger partial charge in [0.05, 0.1) is 11.3 Å². The fourth-order valence-corrected chi connectivity index (χ4v) is 7.43. The number of aryl methyl sites for hydroxylation is 2. The summed E-state index contributed by atoms with van der Waals surface area (Å²) in [5.74, 6) is 1.07. The number of nitrogens with zero attached hydrogens (tertiary/aromatic N) is 5. The average molecular weight is 838 g/mol. The molecule has 50 heavy (non-hydrogen) atoms. The second-order valence-electron chi connectivity index (χ2n) is 14.3. The third-order valence-electron chi connectivity index (χ3n) is 10.4. The monoisotopic (exact) mass is 837 g/mol. The third-order valence-corrected chi connectivity index (χ3v) is 10.4. The van der Waals surface area contributed by atoms with Gasteiger partial charge in [-0.1, -0.05) is 69.3 Å². The standard InChI is InChI=1S/C43H40N5O.Pt/c1-27-28(2)48-39(45-27)23-33(25-41(48)49-40-24-31(20-21-44-40)42(5,6)7)43(37-18-11-9-16-35(37)36-17-10-12-19-38(36)43)32-14-13-15-34(22-32)47-26-46(8)29(3)30(47)4;/h9-21,23-24,26H,1-8H3;/q-3;. The van der Waals surface area contributed by atoms with Gasteiger partial charge < -0.3 is 14.5 Å². The molecule has 0 fully saturated rings. The number of pyridine rings is 2. The molecule has 3 aromatic carbocycles. The van der Waals surface area contributed by atoms with Crippen LogP contribution in [0.1, 0.15) is 73.8 Å². The van der Waals surface area contributed by atoms with Crippen molar-refractivity contribution >= 4 is 11.3 Å². The molecule has 0 N–H and O–H groups in total. The van der Waals surface area contributed by atoms with Crippen molar-refractivity contribution < 1.29 is 25.8 Å². The predicted molar refractivity (Wildman–Crippen MR) is 196 cm³/mol. The van der Waals surface area contributed by atoms with Crippen molar-refractivity contribution in [3.05, 3.63) is 161 Å². The van der Waals surface area contributed by atoms with Crippen molar-refractivity contribution in [1.29, 1.82) is 0 Å². The van der Waals surface area contributed by atoms with Crippen LogP contribution in [0.3, 0.4) is 0 Å². The molecule has 2 aliphatic rings. The molecule has 3 aromatic heterocycles. The van der Waals surface area contributed by atoms with Gasteiger partial charge in [0.15, 0.2) is 0 Å². The minimum atomic E-state index is -0.754. The maximum atomic E-state index is 6.74. The summed E-state index contributed by atoms with van der Waals surface area (Å²) < 4.78 is 8.80. The van der Waals surface area contributed by atoms with Crippen molar-refractivity contribution in [3.8, 4) is 22.9 Å². The van der Waals surface area contributed by atoms with Gasteiger partial charge in [-0.15, -0.1) is 11.3 Å². The summed E-state index contributed by atoms with van der Waals surface area (Å²) in [4.78, 5) is 14.1. The molecule has 0 radical (unpaired) electrons. The Morgan fingerprint density at radius 3 is 2.10 bits per heavy atom. The average Bonchev–Trinajstić information content (AvgIpc) is 3.66.